The third-order valence-electron chi connectivity index (χ3n) is 11.3. The van der Waals surface area contributed by atoms with E-state index in [1.54, 1.807) is 6.20 Å². The van der Waals surface area contributed by atoms with Gasteiger partial charge in [0.1, 0.15) is 11.5 Å². The standard InChI is InChI=1S/C40H43N5O/c1-29-42-36-14-8-9-15-38(36)45(29)35-27-33-16-17-34(28-35)44(33)25-21-40(32-12-6-3-7-13-32)19-23-43(24-20-40)39(46)37-26-31(18-22-41-37)30-10-4-2-5-11-30/h2-15,18,22,26,33-35H,16-17,19-21,23-25,27-28H2,1H3. The molecule has 3 aliphatic heterocycles. The maximum Gasteiger partial charge on any atom is 0.272 e. The molecule has 3 fully saturated rings. The highest BCUT2D eigenvalue weighted by atomic mass is 16.2. The molecule has 2 aromatic heterocycles. The SMILES string of the molecule is Cc1nc2ccccc2n1C1CC2CCC(C1)N2CCC1(c2ccccc2)CCN(C(=O)c2cc(-c3ccccc3)ccn2)CC1. The average Bonchev–Trinajstić information content (AvgIpc) is 3.58. The molecule has 3 aliphatic rings. The van der Waals surface area contributed by atoms with Gasteiger partial charge in [-0.05, 0) is 105 Å². The highest BCUT2D eigenvalue weighted by molar-refractivity contribution is 5.93. The summed E-state index contributed by atoms with van der Waals surface area (Å²) in [6, 6.07) is 35.7. The van der Waals surface area contributed by atoms with Gasteiger partial charge in [-0.2, -0.15) is 0 Å². The summed E-state index contributed by atoms with van der Waals surface area (Å²) in [4.78, 5) is 28.0. The van der Waals surface area contributed by atoms with E-state index < -0.39 is 0 Å². The number of rotatable bonds is 7. The molecular formula is C40H43N5O. The lowest BCUT2D eigenvalue weighted by Gasteiger charge is -2.45. The fourth-order valence-corrected chi connectivity index (χ4v) is 8.92. The predicted molar refractivity (Wildman–Crippen MR) is 184 cm³/mol. The molecule has 0 radical (unpaired) electrons. The molecule has 1 amide bonds. The zero-order chi connectivity index (χ0) is 31.1. The van der Waals surface area contributed by atoms with Crippen molar-refractivity contribution in [3.05, 3.63) is 120 Å². The first-order valence-corrected chi connectivity index (χ1v) is 17.1. The van der Waals surface area contributed by atoms with E-state index >= 15 is 0 Å². The summed E-state index contributed by atoms with van der Waals surface area (Å²) in [5.41, 5.74) is 6.57. The smallest absolute Gasteiger partial charge is 0.272 e. The first-order valence-electron chi connectivity index (χ1n) is 17.1. The van der Waals surface area contributed by atoms with Crippen LogP contribution in [0.4, 0.5) is 0 Å². The topological polar surface area (TPSA) is 54.3 Å². The molecule has 0 aliphatic carbocycles. The molecule has 0 N–H and O–H groups in total. The normalized spacial score (nSPS) is 22.7. The second-order valence-electron chi connectivity index (χ2n) is 13.8. The van der Waals surface area contributed by atoms with E-state index in [0.29, 0.717) is 23.8 Å². The molecule has 5 aromatic rings. The van der Waals surface area contributed by atoms with Gasteiger partial charge in [0.2, 0.25) is 0 Å². The number of para-hydroxylation sites is 2. The number of carbonyl (C=O) groups is 1. The number of pyridine rings is 1. The third kappa shape index (κ3) is 5.32. The monoisotopic (exact) mass is 609 g/mol. The van der Waals surface area contributed by atoms with Crippen molar-refractivity contribution in [1.29, 1.82) is 0 Å². The number of likely N-dealkylation sites (tertiary alicyclic amines) is 1. The molecule has 5 heterocycles. The van der Waals surface area contributed by atoms with Crippen LogP contribution in [0.5, 0.6) is 0 Å². The molecule has 2 unspecified atom stereocenters. The Labute approximate surface area is 272 Å². The van der Waals surface area contributed by atoms with Gasteiger partial charge in [-0.15, -0.1) is 0 Å². The Kier molecular flexibility index (Phi) is 7.69. The molecule has 3 aromatic carbocycles. The van der Waals surface area contributed by atoms with Crippen molar-refractivity contribution in [2.45, 2.75) is 75.4 Å². The lowest BCUT2D eigenvalue weighted by molar-refractivity contribution is 0.0602. The van der Waals surface area contributed by atoms with Gasteiger partial charge in [0.15, 0.2) is 0 Å². The van der Waals surface area contributed by atoms with Gasteiger partial charge in [0, 0.05) is 37.4 Å². The molecule has 2 bridgehead atoms. The molecule has 8 rings (SSSR count). The fourth-order valence-electron chi connectivity index (χ4n) is 8.92. The van der Waals surface area contributed by atoms with Crippen LogP contribution in [0.25, 0.3) is 22.2 Å². The molecular weight excluding hydrogens is 566 g/mol. The summed E-state index contributed by atoms with van der Waals surface area (Å²) in [6.07, 6.45) is 9.85. The van der Waals surface area contributed by atoms with E-state index in [-0.39, 0.29) is 11.3 Å². The number of amides is 1. The van der Waals surface area contributed by atoms with E-state index in [2.05, 4.69) is 88.1 Å². The van der Waals surface area contributed by atoms with Gasteiger partial charge in [-0.3, -0.25) is 14.7 Å². The van der Waals surface area contributed by atoms with Crippen molar-refractivity contribution in [2.75, 3.05) is 19.6 Å². The van der Waals surface area contributed by atoms with E-state index in [0.717, 1.165) is 61.4 Å². The maximum atomic E-state index is 13.7. The van der Waals surface area contributed by atoms with Gasteiger partial charge in [-0.1, -0.05) is 72.8 Å². The number of aryl methyl sites for hydroxylation is 1. The number of carbonyl (C=O) groups excluding carboxylic acids is 1. The lowest BCUT2D eigenvalue weighted by atomic mass is 9.70. The van der Waals surface area contributed by atoms with Crippen molar-refractivity contribution in [3.8, 4) is 11.1 Å². The number of nitrogens with zero attached hydrogens (tertiary/aromatic N) is 5. The number of piperidine rings is 2. The van der Waals surface area contributed by atoms with E-state index in [9.17, 15) is 4.79 Å². The molecule has 234 valence electrons. The summed E-state index contributed by atoms with van der Waals surface area (Å²) in [6.45, 7) is 4.81. The largest absolute Gasteiger partial charge is 0.337 e. The minimum atomic E-state index is 0.0434. The number of aromatic nitrogens is 3. The predicted octanol–water partition coefficient (Wildman–Crippen LogP) is 7.84. The van der Waals surface area contributed by atoms with Crippen LogP contribution >= 0.6 is 0 Å². The number of imidazole rings is 1. The van der Waals surface area contributed by atoms with E-state index in [4.69, 9.17) is 4.98 Å². The Balaban J connectivity index is 0.969. The van der Waals surface area contributed by atoms with Crippen molar-refractivity contribution >= 4 is 16.9 Å². The van der Waals surface area contributed by atoms with Crippen LogP contribution in [-0.4, -0.2) is 62.0 Å². The van der Waals surface area contributed by atoms with Gasteiger partial charge < -0.3 is 9.47 Å². The van der Waals surface area contributed by atoms with Crippen LogP contribution < -0.4 is 0 Å². The zero-order valence-electron chi connectivity index (χ0n) is 26.8. The summed E-state index contributed by atoms with van der Waals surface area (Å²) < 4.78 is 2.53. The average molecular weight is 610 g/mol. The Morgan fingerprint density at radius 3 is 2.22 bits per heavy atom. The zero-order valence-corrected chi connectivity index (χ0v) is 26.8. The number of hydrogen-bond donors (Lipinski definition) is 0. The molecule has 6 heteroatoms. The summed E-state index contributed by atoms with van der Waals surface area (Å²) in [7, 11) is 0. The molecule has 3 saturated heterocycles. The van der Waals surface area contributed by atoms with E-state index in [1.165, 1.54) is 36.8 Å². The fraction of sp³-hybridized carbons (Fsp3) is 0.375. The summed E-state index contributed by atoms with van der Waals surface area (Å²) in [5, 5.41) is 0. The van der Waals surface area contributed by atoms with Gasteiger partial charge in [-0.25, -0.2) is 4.98 Å². The maximum absolute atomic E-state index is 13.7. The van der Waals surface area contributed by atoms with Crippen molar-refractivity contribution < 1.29 is 4.79 Å². The third-order valence-corrected chi connectivity index (χ3v) is 11.3. The summed E-state index contributed by atoms with van der Waals surface area (Å²) >= 11 is 0. The highest BCUT2D eigenvalue weighted by Gasteiger charge is 2.44. The number of fused-ring (bicyclic) bond motifs is 3. The second-order valence-corrected chi connectivity index (χ2v) is 13.8. The van der Waals surface area contributed by atoms with Crippen LogP contribution in [0.3, 0.4) is 0 Å². The van der Waals surface area contributed by atoms with Crippen LogP contribution in [0.15, 0.2) is 103 Å². The van der Waals surface area contributed by atoms with Crippen LogP contribution in [0.1, 0.15) is 72.9 Å². The number of hydrogen-bond acceptors (Lipinski definition) is 4. The van der Waals surface area contributed by atoms with Crippen molar-refractivity contribution in [3.63, 3.8) is 0 Å². The minimum Gasteiger partial charge on any atom is -0.337 e. The van der Waals surface area contributed by atoms with Crippen molar-refractivity contribution in [2.24, 2.45) is 0 Å². The van der Waals surface area contributed by atoms with Gasteiger partial charge in [0.25, 0.3) is 5.91 Å². The van der Waals surface area contributed by atoms with Crippen molar-refractivity contribution in [1.82, 2.24) is 24.3 Å². The molecule has 6 nitrogen and oxygen atoms in total. The van der Waals surface area contributed by atoms with Crippen LogP contribution in [0.2, 0.25) is 0 Å². The minimum absolute atomic E-state index is 0.0434. The van der Waals surface area contributed by atoms with E-state index in [1.807, 2.05) is 35.2 Å². The molecule has 0 saturated carbocycles. The quantitative estimate of drug-likeness (QED) is 0.189. The Bertz CT molecular complexity index is 1810. The molecule has 2 atom stereocenters. The van der Waals surface area contributed by atoms with Gasteiger partial charge in [0.05, 0.1) is 11.0 Å². The number of benzene rings is 3. The lowest BCUT2D eigenvalue weighted by Crippen LogP contribution is -2.49. The molecule has 0 spiro atoms. The Hall–Kier alpha value is -4.29. The summed E-state index contributed by atoms with van der Waals surface area (Å²) in [5.74, 6) is 1.19. The first-order chi connectivity index (χ1) is 22.6. The first kappa shape index (κ1) is 29.1. The second kappa shape index (κ2) is 12.1. The Morgan fingerprint density at radius 2 is 1.48 bits per heavy atom. The van der Waals surface area contributed by atoms with Crippen LogP contribution in [-0.2, 0) is 5.41 Å². The Morgan fingerprint density at radius 1 is 0.804 bits per heavy atom. The van der Waals surface area contributed by atoms with Crippen LogP contribution in [0, 0.1) is 6.92 Å². The van der Waals surface area contributed by atoms with Gasteiger partial charge >= 0.3 is 0 Å². The highest BCUT2D eigenvalue weighted by Crippen LogP contribution is 2.45. The molecule has 46 heavy (non-hydrogen) atoms.